The van der Waals surface area contributed by atoms with Gasteiger partial charge in [-0.3, -0.25) is 13.9 Å². The molecule has 0 aliphatic carbocycles. The van der Waals surface area contributed by atoms with Crippen molar-refractivity contribution in [3.8, 4) is 0 Å². The highest BCUT2D eigenvalue weighted by Crippen LogP contribution is 2.25. The molecule has 36 heavy (non-hydrogen) atoms. The zero-order chi connectivity index (χ0) is 27.0. The summed E-state index contributed by atoms with van der Waals surface area (Å²) in [6.07, 6.45) is 2.42. The van der Waals surface area contributed by atoms with Crippen LogP contribution in [0, 0.1) is 13.8 Å². The molecule has 198 valence electrons. The molecule has 0 aliphatic heterocycles. The second-order valence-electron chi connectivity index (χ2n) is 9.30. The van der Waals surface area contributed by atoms with Crippen molar-refractivity contribution in [2.24, 2.45) is 0 Å². The lowest BCUT2D eigenvalue weighted by atomic mass is 10.1. The molecule has 9 heteroatoms. The predicted octanol–water partition coefficient (Wildman–Crippen LogP) is 4.94. The third-order valence-corrected chi connectivity index (χ3v) is 8.14. The molecule has 0 heterocycles. The van der Waals surface area contributed by atoms with Crippen molar-refractivity contribution in [2.45, 2.75) is 72.5 Å². The molecule has 2 aromatic rings. The molecule has 0 unspecified atom stereocenters. The Kier molecular flexibility index (Phi) is 11.0. The van der Waals surface area contributed by atoms with Crippen LogP contribution in [0.25, 0.3) is 0 Å². The van der Waals surface area contributed by atoms with E-state index in [1.165, 1.54) is 10.6 Å². The first-order valence-corrected chi connectivity index (χ1v) is 14.9. The Morgan fingerprint density at radius 2 is 1.69 bits per heavy atom. The molecular weight excluding hydrogens is 542 g/mol. The van der Waals surface area contributed by atoms with E-state index in [1.54, 1.807) is 17.9 Å². The van der Waals surface area contributed by atoms with Crippen LogP contribution in [0.1, 0.15) is 56.7 Å². The zero-order valence-electron chi connectivity index (χ0n) is 22.0. The SMILES string of the molecule is CC[C@@H](C)NC(=O)[C@H](C)N(Cc1ccc(Br)cc1)C(=O)CCCN(c1cccc(C)c1C)S(C)(=O)=O. The molecule has 2 rings (SSSR count). The van der Waals surface area contributed by atoms with E-state index in [-0.39, 0.29) is 37.4 Å². The number of aryl methyl sites for hydroxylation is 1. The molecule has 0 bridgehead atoms. The largest absolute Gasteiger partial charge is 0.352 e. The maximum absolute atomic E-state index is 13.4. The maximum Gasteiger partial charge on any atom is 0.242 e. The van der Waals surface area contributed by atoms with Crippen LogP contribution < -0.4 is 9.62 Å². The molecule has 0 aliphatic rings. The molecular formula is C27H38BrN3O4S. The quantitative estimate of drug-likeness (QED) is 0.385. The first-order valence-electron chi connectivity index (χ1n) is 12.2. The lowest BCUT2D eigenvalue weighted by molar-refractivity contribution is -0.140. The predicted molar refractivity (Wildman–Crippen MR) is 149 cm³/mol. The van der Waals surface area contributed by atoms with Crippen LogP contribution >= 0.6 is 15.9 Å². The molecule has 7 nitrogen and oxygen atoms in total. The number of nitrogens with zero attached hydrogens (tertiary/aromatic N) is 2. The van der Waals surface area contributed by atoms with Crippen molar-refractivity contribution in [3.05, 3.63) is 63.6 Å². The van der Waals surface area contributed by atoms with Crippen molar-refractivity contribution in [1.29, 1.82) is 0 Å². The van der Waals surface area contributed by atoms with Gasteiger partial charge in [0.1, 0.15) is 6.04 Å². The van der Waals surface area contributed by atoms with Crippen LogP contribution in [0.15, 0.2) is 46.9 Å². The number of halogens is 1. The van der Waals surface area contributed by atoms with Gasteiger partial charge in [0.25, 0.3) is 0 Å². The average molecular weight is 581 g/mol. The average Bonchev–Trinajstić information content (AvgIpc) is 2.82. The van der Waals surface area contributed by atoms with Crippen LogP contribution in [-0.4, -0.2) is 50.0 Å². The Labute approximate surface area is 224 Å². The third kappa shape index (κ3) is 8.34. The van der Waals surface area contributed by atoms with Crippen molar-refractivity contribution in [3.63, 3.8) is 0 Å². The molecule has 0 radical (unpaired) electrons. The van der Waals surface area contributed by atoms with Crippen LogP contribution in [0.5, 0.6) is 0 Å². The van der Waals surface area contributed by atoms with E-state index in [4.69, 9.17) is 0 Å². The number of hydrogen-bond donors (Lipinski definition) is 1. The van der Waals surface area contributed by atoms with Crippen molar-refractivity contribution >= 4 is 43.5 Å². The summed E-state index contributed by atoms with van der Waals surface area (Å²) in [5.74, 6) is -0.401. The lowest BCUT2D eigenvalue weighted by Gasteiger charge is -2.30. The summed E-state index contributed by atoms with van der Waals surface area (Å²) in [6.45, 7) is 9.94. The number of hydrogen-bond acceptors (Lipinski definition) is 4. The van der Waals surface area contributed by atoms with Crippen LogP contribution in [0.2, 0.25) is 0 Å². The minimum Gasteiger partial charge on any atom is -0.352 e. The van der Waals surface area contributed by atoms with Gasteiger partial charge in [0.05, 0.1) is 11.9 Å². The minimum absolute atomic E-state index is 0.00507. The number of nitrogens with one attached hydrogen (secondary N) is 1. The first-order chi connectivity index (χ1) is 16.8. The Hall–Kier alpha value is -2.39. The summed E-state index contributed by atoms with van der Waals surface area (Å²) in [5, 5.41) is 2.96. The van der Waals surface area contributed by atoms with E-state index in [1.807, 2.05) is 64.1 Å². The highest BCUT2D eigenvalue weighted by Gasteiger charge is 2.27. The topological polar surface area (TPSA) is 86.8 Å². The summed E-state index contributed by atoms with van der Waals surface area (Å²) in [6, 6.07) is 12.5. The van der Waals surface area contributed by atoms with E-state index in [0.717, 1.165) is 27.6 Å². The zero-order valence-corrected chi connectivity index (χ0v) is 24.4. The van der Waals surface area contributed by atoms with Crippen LogP contribution in [-0.2, 0) is 26.2 Å². The number of carbonyl (C=O) groups is 2. The Bertz CT molecular complexity index is 1150. The normalized spacial score (nSPS) is 13.1. The van der Waals surface area contributed by atoms with Gasteiger partial charge >= 0.3 is 0 Å². The minimum atomic E-state index is -3.53. The van der Waals surface area contributed by atoms with E-state index >= 15 is 0 Å². The number of carbonyl (C=O) groups excluding carboxylic acids is 2. The molecule has 2 amide bonds. The Balaban J connectivity index is 2.20. The lowest BCUT2D eigenvalue weighted by Crippen LogP contribution is -2.49. The Morgan fingerprint density at radius 1 is 1.06 bits per heavy atom. The fourth-order valence-corrected chi connectivity index (χ4v) is 5.10. The monoisotopic (exact) mass is 579 g/mol. The summed E-state index contributed by atoms with van der Waals surface area (Å²) >= 11 is 3.42. The van der Waals surface area contributed by atoms with Gasteiger partial charge < -0.3 is 10.2 Å². The maximum atomic E-state index is 13.4. The van der Waals surface area contributed by atoms with Gasteiger partial charge in [0.15, 0.2) is 0 Å². The van der Waals surface area contributed by atoms with Crippen LogP contribution in [0.3, 0.4) is 0 Å². The molecule has 0 spiro atoms. The first kappa shape index (κ1) is 29.8. The van der Waals surface area contributed by atoms with Crippen molar-refractivity contribution < 1.29 is 18.0 Å². The molecule has 0 aromatic heterocycles. The molecule has 0 saturated carbocycles. The van der Waals surface area contributed by atoms with Crippen molar-refractivity contribution in [1.82, 2.24) is 10.2 Å². The number of amides is 2. The second kappa shape index (κ2) is 13.2. The third-order valence-electron chi connectivity index (χ3n) is 6.43. The van der Waals surface area contributed by atoms with Crippen molar-refractivity contribution in [2.75, 3.05) is 17.1 Å². The summed E-state index contributed by atoms with van der Waals surface area (Å²) in [5.41, 5.74) is 3.42. The highest BCUT2D eigenvalue weighted by atomic mass is 79.9. The standard InChI is InChI=1S/C27H38BrN3O4S/c1-7-20(3)29-27(33)22(5)30(18-23-13-15-24(28)16-14-23)26(32)12-9-17-31(36(6,34)35)25-11-8-10-19(2)21(25)4/h8,10-11,13-16,20,22H,7,9,12,17-18H2,1-6H3,(H,29,33)/t20-,22+/m1/s1. The smallest absolute Gasteiger partial charge is 0.242 e. The van der Waals surface area contributed by atoms with Gasteiger partial charge in [0.2, 0.25) is 21.8 Å². The van der Waals surface area contributed by atoms with E-state index in [9.17, 15) is 18.0 Å². The molecule has 0 fully saturated rings. The number of anilines is 1. The van der Waals surface area contributed by atoms with E-state index in [2.05, 4.69) is 21.2 Å². The van der Waals surface area contributed by atoms with Gasteiger partial charge in [-0.05, 0) is 75.4 Å². The van der Waals surface area contributed by atoms with Crippen LogP contribution in [0.4, 0.5) is 5.69 Å². The van der Waals surface area contributed by atoms with Gasteiger partial charge in [-0.1, -0.05) is 47.1 Å². The fourth-order valence-electron chi connectivity index (χ4n) is 3.82. The second-order valence-corrected chi connectivity index (χ2v) is 12.1. The Morgan fingerprint density at radius 3 is 2.28 bits per heavy atom. The number of benzene rings is 2. The van der Waals surface area contributed by atoms with Gasteiger partial charge in [0, 0.05) is 30.0 Å². The molecule has 2 atom stereocenters. The number of sulfonamides is 1. The molecule has 2 aromatic carbocycles. The van der Waals surface area contributed by atoms with Gasteiger partial charge in [-0.25, -0.2) is 8.42 Å². The summed E-state index contributed by atoms with van der Waals surface area (Å²) < 4.78 is 27.4. The molecule has 1 N–H and O–H groups in total. The van der Waals surface area contributed by atoms with E-state index < -0.39 is 16.1 Å². The summed E-state index contributed by atoms with van der Waals surface area (Å²) in [7, 11) is -3.53. The summed E-state index contributed by atoms with van der Waals surface area (Å²) in [4.78, 5) is 27.8. The highest BCUT2D eigenvalue weighted by molar-refractivity contribution is 9.10. The van der Waals surface area contributed by atoms with E-state index in [0.29, 0.717) is 12.1 Å². The van der Waals surface area contributed by atoms with Gasteiger partial charge in [-0.2, -0.15) is 0 Å². The fraction of sp³-hybridized carbons (Fsp3) is 0.481. The number of rotatable bonds is 12. The molecule has 0 saturated heterocycles. The van der Waals surface area contributed by atoms with Gasteiger partial charge in [-0.15, -0.1) is 0 Å².